The van der Waals surface area contributed by atoms with E-state index in [1.54, 1.807) is 0 Å². The minimum absolute atomic E-state index is 0.654. The zero-order valence-corrected chi connectivity index (χ0v) is 23.5. The van der Waals surface area contributed by atoms with Gasteiger partial charge in [0, 0.05) is 38.2 Å². The summed E-state index contributed by atoms with van der Waals surface area (Å²) in [4.78, 5) is 10.5. The second-order valence-electron chi connectivity index (χ2n) is 11.3. The monoisotopic (exact) mass is 561 g/mol. The highest BCUT2D eigenvalue weighted by Gasteiger charge is 2.30. The second-order valence-corrected chi connectivity index (χ2v) is 11.3. The van der Waals surface area contributed by atoms with Crippen LogP contribution in [-0.4, -0.2) is 14.5 Å². The normalized spacial score (nSPS) is 12.1. The number of hydrogen-bond acceptors (Lipinski definition) is 3. The number of rotatable bonds is 3. The Bertz CT molecular complexity index is 2590. The van der Waals surface area contributed by atoms with Crippen LogP contribution in [0, 0.1) is 0 Å². The van der Waals surface area contributed by atoms with Crippen molar-refractivity contribution in [1.82, 2.24) is 14.5 Å². The van der Waals surface area contributed by atoms with Crippen LogP contribution in [0.1, 0.15) is 0 Å². The molecule has 1 aliphatic rings. The molecule has 3 aromatic heterocycles. The zero-order chi connectivity index (χ0) is 28.8. The topological polar surface area (TPSA) is 43.9 Å². The first-order chi connectivity index (χ1) is 21.8. The molecule has 0 fully saturated rings. The Morgan fingerprint density at radius 2 is 1.16 bits per heavy atom. The van der Waals surface area contributed by atoms with Crippen LogP contribution >= 0.6 is 0 Å². The number of furan rings is 1. The number of benzene rings is 6. The Kier molecular flexibility index (Phi) is 4.69. The van der Waals surface area contributed by atoms with E-state index in [2.05, 4.69) is 126 Å². The highest BCUT2D eigenvalue weighted by Crippen LogP contribution is 2.53. The van der Waals surface area contributed by atoms with E-state index >= 15 is 0 Å². The number of fused-ring (bicyclic) bond motifs is 4. The molecule has 0 N–H and O–H groups in total. The van der Waals surface area contributed by atoms with Crippen LogP contribution in [0.25, 0.3) is 94.5 Å². The lowest BCUT2D eigenvalue weighted by molar-refractivity contribution is 0.632. The molecule has 0 atom stereocenters. The third-order valence-corrected chi connectivity index (χ3v) is 8.97. The van der Waals surface area contributed by atoms with Crippen molar-refractivity contribution in [2.75, 3.05) is 0 Å². The summed E-state index contributed by atoms with van der Waals surface area (Å²) in [5, 5.41) is 4.53. The van der Waals surface area contributed by atoms with Gasteiger partial charge in [-0.3, -0.25) is 4.57 Å². The van der Waals surface area contributed by atoms with Gasteiger partial charge in [-0.05, 0) is 41.0 Å². The highest BCUT2D eigenvalue weighted by atomic mass is 16.3. The van der Waals surface area contributed by atoms with Crippen molar-refractivity contribution in [2.24, 2.45) is 0 Å². The minimum Gasteiger partial charge on any atom is -0.455 e. The van der Waals surface area contributed by atoms with Crippen LogP contribution in [-0.2, 0) is 0 Å². The molecule has 0 spiro atoms. The Labute approximate surface area is 252 Å². The lowest BCUT2D eigenvalue weighted by atomic mass is 9.93. The average Bonchev–Trinajstić information content (AvgIpc) is 3.61. The fraction of sp³-hybridized carbons (Fsp3) is 0. The molecule has 0 saturated carbocycles. The molecule has 0 amide bonds. The summed E-state index contributed by atoms with van der Waals surface area (Å²) >= 11 is 0. The SMILES string of the molecule is c1ccc(-c2oc3ccc4c5c3c2-c2ccccc2-c2cccc(c25)n4-c2nc(-c3ccccc3)c3ccccc3n2)cc1. The molecule has 6 aromatic carbocycles. The van der Waals surface area contributed by atoms with Gasteiger partial charge in [0.15, 0.2) is 0 Å². The van der Waals surface area contributed by atoms with Gasteiger partial charge in [-0.25, -0.2) is 9.97 Å². The molecule has 9 aromatic rings. The van der Waals surface area contributed by atoms with Gasteiger partial charge in [-0.1, -0.05) is 115 Å². The van der Waals surface area contributed by atoms with Gasteiger partial charge in [0.2, 0.25) is 5.95 Å². The summed E-state index contributed by atoms with van der Waals surface area (Å²) in [6.45, 7) is 0. The molecule has 0 bridgehead atoms. The van der Waals surface area contributed by atoms with E-state index in [0.717, 1.165) is 61.1 Å². The van der Waals surface area contributed by atoms with Crippen LogP contribution in [0.15, 0.2) is 144 Å². The Balaban J connectivity index is 1.39. The van der Waals surface area contributed by atoms with Crippen molar-refractivity contribution < 1.29 is 4.42 Å². The maximum atomic E-state index is 6.73. The summed E-state index contributed by atoms with van der Waals surface area (Å²) in [5.74, 6) is 1.55. The van der Waals surface area contributed by atoms with Gasteiger partial charge in [0.1, 0.15) is 11.3 Å². The van der Waals surface area contributed by atoms with Crippen molar-refractivity contribution in [1.29, 1.82) is 0 Å². The van der Waals surface area contributed by atoms with Crippen LogP contribution in [0.2, 0.25) is 0 Å². The van der Waals surface area contributed by atoms with Gasteiger partial charge < -0.3 is 4.42 Å². The fourth-order valence-electron chi connectivity index (χ4n) is 7.14. The summed E-state index contributed by atoms with van der Waals surface area (Å²) in [5.41, 5.74) is 11.7. The summed E-state index contributed by atoms with van der Waals surface area (Å²) in [7, 11) is 0. The van der Waals surface area contributed by atoms with Crippen LogP contribution in [0.3, 0.4) is 0 Å². The molecule has 0 saturated heterocycles. The molecule has 204 valence electrons. The maximum Gasteiger partial charge on any atom is 0.235 e. The molecule has 44 heavy (non-hydrogen) atoms. The summed E-state index contributed by atoms with van der Waals surface area (Å²) in [6.07, 6.45) is 0. The van der Waals surface area contributed by atoms with E-state index in [1.165, 1.54) is 27.5 Å². The van der Waals surface area contributed by atoms with Crippen LogP contribution in [0.4, 0.5) is 0 Å². The lowest BCUT2D eigenvalue weighted by Gasteiger charge is -2.13. The smallest absolute Gasteiger partial charge is 0.235 e. The van der Waals surface area contributed by atoms with E-state index in [0.29, 0.717) is 5.95 Å². The molecule has 4 heteroatoms. The highest BCUT2D eigenvalue weighted by molar-refractivity contribution is 6.31. The number of nitrogens with zero attached hydrogens (tertiary/aromatic N) is 3. The van der Waals surface area contributed by atoms with Crippen LogP contribution < -0.4 is 0 Å². The standard InChI is InChI=1S/C40H23N3O/c1-3-12-24(13-4-1)38-29-18-9-10-20-30(29)41-40(42-38)43-31-21-11-19-27-26-16-7-8-17-28(26)35-37-33(23-22-32(43)36(37)34(27)31)44-39(35)25-14-5-2-6-15-25/h1-23H. The van der Waals surface area contributed by atoms with Crippen molar-refractivity contribution in [3.05, 3.63) is 140 Å². The van der Waals surface area contributed by atoms with E-state index < -0.39 is 0 Å². The first kappa shape index (κ1) is 23.6. The molecule has 0 aliphatic heterocycles. The zero-order valence-electron chi connectivity index (χ0n) is 23.5. The molecule has 10 rings (SSSR count). The first-order valence-corrected chi connectivity index (χ1v) is 14.9. The van der Waals surface area contributed by atoms with Crippen molar-refractivity contribution in [3.8, 4) is 50.8 Å². The molecular weight excluding hydrogens is 538 g/mol. The predicted octanol–water partition coefficient (Wildman–Crippen LogP) is 10.5. The molecule has 3 heterocycles. The maximum absolute atomic E-state index is 6.73. The van der Waals surface area contributed by atoms with Gasteiger partial charge in [-0.2, -0.15) is 0 Å². The van der Waals surface area contributed by atoms with Gasteiger partial charge in [0.05, 0.1) is 22.2 Å². The minimum atomic E-state index is 0.654. The number of para-hydroxylation sites is 1. The lowest BCUT2D eigenvalue weighted by Crippen LogP contribution is -2.03. The number of aromatic nitrogens is 3. The Hall–Kier alpha value is -6.00. The fourth-order valence-corrected chi connectivity index (χ4v) is 7.14. The molecule has 4 nitrogen and oxygen atoms in total. The molecule has 0 radical (unpaired) electrons. The van der Waals surface area contributed by atoms with Crippen molar-refractivity contribution in [2.45, 2.75) is 0 Å². The van der Waals surface area contributed by atoms with Gasteiger partial charge in [0.25, 0.3) is 0 Å². The predicted molar refractivity (Wildman–Crippen MR) is 179 cm³/mol. The van der Waals surface area contributed by atoms with E-state index in [-0.39, 0.29) is 0 Å². The van der Waals surface area contributed by atoms with Crippen molar-refractivity contribution >= 4 is 43.7 Å². The second kappa shape index (κ2) is 8.76. The van der Waals surface area contributed by atoms with E-state index in [4.69, 9.17) is 14.4 Å². The summed E-state index contributed by atoms with van der Waals surface area (Å²) < 4.78 is 8.96. The Morgan fingerprint density at radius 1 is 0.477 bits per heavy atom. The average molecular weight is 562 g/mol. The van der Waals surface area contributed by atoms with Gasteiger partial charge in [-0.15, -0.1) is 0 Å². The number of hydrogen-bond donors (Lipinski definition) is 0. The molecule has 0 unspecified atom stereocenters. The third-order valence-electron chi connectivity index (χ3n) is 8.97. The molecule has 1 aliphatic carbocycles. The van der Waals surface area contributed by atoms with Crippen LogP contribution in [0.5, 0.6) is 0 Å². The largest absolute Gasteiger partial charge is 0.455 e. The third kappa shape index (κ3) is 3.11. The van der Waals surface area contributed by atoms with E-state index in [1.807, 2.05) is 18.2 Å². The van der Waals surface area contributed by atoms with Crippen molar-refractivity contribution in [3.63, 3.8) is 0 Å². The first-order valence-electron chi connectivity index (χ1n) is 14.9. The summed E-state index contributed by atoms with van der Waals surface area (Å²) in [6, 6.07) is 48.6. The quantitative estimate of drug-likeness (QED) is 0.216. The van der Waals surface area contributed by atoms with E-state index in [9.17, 15) is 0 Å². The Morgan fingerprint density at radius 3 is 2.00 bits per heavy atom. The molecular formula is C40H23N3O. The van der Waals surface area contributed by atoms with Gasteiger partial charge >= 0.3 is 0 Å².